The van der Waals surface area contributed by atoms with Crippen LogP contribution in [0, 0.1) is 13.8 Å². The highest BCUT2D eigenvalue weighted by Gasteiger charge is 2.54. The van der Waals surface area contributed by atoms with Gasteiger partial charge in [-0.3, -0.25) is 8.37 Å². The van der Waals surface area contributed by atoms with Gasteiger partial charge in [-0.05, 0) is 38.1 Å². The van der Waals surface area contributed by atoms with Crippen molar-refractivity contribution in [3.8, 4) is 0 Å². The molecule has 9 nitrogen and oxygen atoms in total. The minimum atomic E-state index is -4.28. The van der Waals surface area contributed by atoms with Crippen LogP contribution in [0.3, 0.4) is 0 Å². The predicted molar refractivity (Wildman–Crippen MR) is 107 cm³/mol. The Morgan fingerprint density at radius 1 is 0.806 bits per heavy atom. The number of ether oxygens (including phenoxy) is 2. The van der Waals surface area contributed by atoms with Gasteiger partial charge in [0.05, 0.1) is 16.4 Å². The van der Waals surface area contributed by atoms with Crippen LogP contribution in [0.1, 0.15) is 11.1 Å². The number of hydrogen-bond acceptors (Lipinski definition) is 9. The molecular formula is C20H22O9S2. The summed E-state index contributed by atoms with van der Waals surface area (Å²) in [4.78, 5) is -0.216. The van der Waals surface area contributed by atoms with Crippen LogP contribution in [0.25, 0.3) is 0 Å². The molecule has 2 saturated heterocycles. The highest BCUT2D eigenvalue weighted by molar-refractivity contribution is 7.87. The van der Waals surface area contributed by atoms with Crippen molar-refractivity contribution >= 4 is 20.2 Å². The second kappa shape index (κ2) is 8.24. The first-order valence-corrected chi connectivity index (χ1v) is 12.3. The maximum Gasteiger partial charge on any atom is 0.297 e. The highest BCUT2D eigenvalue weighted by atomic mass is 32.2. The van der Waals surface area contributed by atoms with Crippen LogP contribution in [-0.4, -0.2) is 59.3 Å². The highest BCUT2D eigenvalue weighted by Crippen LogP contribution is 2.35. The van der Waals surface area contributed by atoms with Gasteiger partial charge >= 0.3 is 0 Å². The smallest absolute Gasteiger partial charge is 0.297 e. The fourth-order valence-corrected chi connectivity index (χ4v) is 5.58. The molecule has 168 valence electrons. The van der Waals surface area contributed by atoms with Crippen molar-refractivity contribution in [1.82, 2.24) is 0 Å². The molecule has 2 aliphatic rings. The largest absolute Gasteiger partial charge is 0.387 e. The van der Waals surface area contributed by atoms with Gasteiger partial charge in [-0.2, -0.15) is 16.8 Å². The van der Waals surface area contributed by atoms with Crippen molar-refractivity contribution < 1.29 is 39.8 Å². The molecule has 0 aliphatic carbocycles. The van der Waals surface area contributed by atoms with Crippen molar-refractivity contribution in [1.29, 1.82) is 0 Å². The zero-order chi connectivity index (χ0) is 22.4. The fourth-order valence-electron chi connectivity index (χ4n) is 3.39. The quantitative estimate of drug-likeness (QED) is 0.621. The lowest BCUT2D eigenvalue weighted by Gasteiger charge is -2.36. The van der Waals surface area contributed by atoms with E-state index in [2.05, 4.69) is 0 Å². The molecule has 4 rings (SSSR count). The molecule has 0 saturated carbocycles. The second-order valence-electron chi connectivity index (χ2n) is 7.52. The summed E-state index contributed by atoms with van der Waals surface area (Å²) >= 11 is 0. The van der Waals surface area contributed by atoms with Crippen LogP contribution in [0.4, 0.5) is 0 Å². The molecule has 5 atom stereocenters. The Labute approximate surface area is 180 Å². The summed E-state index contributed by atoms with van der Waals surface area (Å²) in [6.07, 6.45) is -6.64. The Bertz CT molecular complexity index is 1050. The van der Waals surface area contributed by atoms with E-state index >= 15 is 0 Å². The lowest BCUT2D eigenvalue weighted by molar-refractivity contribution is -0.213. The number of benzene rings is 2. The third-order valence-electron chi connectivity index (χ3n) is 5.14. The summed E-state index contributed by atoms with van der Waals surface area (Å²) in [5.41, 5.74) is 1.72. The van der Waals surface area contributed by atoms with Crippen molar-refractivity contribution in [2.45, 2.75) is 54.3 Å². The van der Waals surface area contributed by atoms with E-state index in [1.807, 2.05) is 6.92 Å². The van der Waals surface area contributed by atoms with Crippen molar-refractivity contribution in [2.24, 2.45) is 0 Å². The van der Waals surface area contributed by atoms with E-state index in [0.29, 0.717) is 0 Å². The molecule has 2 fully saturated rings. The lowest BCUT2D eigenvalue weighted by Crippen LogP contribution is -2.56. The van der Waals surface area contributed by atoms with E-state index in [1.165, 1.54) is 24.3 Å². The summed E-state index contributed by atoms with van der Waals surface area (Å²) < 4.78 is 72.1. The molecular weight excluding hydrogens is 448 g/mol. The maximum absolute atomic E-state index is 12.7. The van der Waals surface area contributed by atoms with Crippen LogP contribution in [0.2, 0.25) is 0 Å². The summed E-state index contributed by atoms with van der Waals surface area (Å²) in [5.74, 6) is 0. The average molecular weight is 471 g/mol. The van der Waals surface area contributed by atoms with Gasteiger partial charge in [-0.15, -0.1) is 0 Å². The molecule has 0 spiro atoms. The van der Waals surface area contributed by atoms with E-state index in [9.17, 15) is 21.9 Å². The monoisotopic (exact) mass is 470 g/mol. The first kappa shape index (κ1) is 22.3. The van der Waals surface area contributed by atoms with E-state index in [4.69, 9.17) is 17.8 Å². The normalized spacial score (nSPS) is 28.5. The molecule has 2 aromatic rings. The standard InChI is InChI=1S/C20H22O9S2/c1-12-3-7-14(8-4-12)30(22,23)28-18-16-11-26-20(27-16)19(17(18)21)29-31(24,25)15-9-5-13(2)6-10-15/h3-10,16-21H,11H2,1-2H3/t16-,17-,18+,19+,20+/m0/s1. The molecule has 0 radical (unpaired) electrons. The maximum atomic E-state index is 12.7. The third-order valence-corrected chi connectivity index (χ3v) is 7.79. The summed E-state index contributed by atoms with van der Waals surface area (Å²) in [5, 5.41) is 10.8. The molecule has 0 amide bonds. The molecule has 2 aliphatic heterocycles. The van der Waals surface area contributed by atoms with Gasteiger partial charge in [0.25, 0.3) is 20.2 Å². The van der Waals surface area contributed by atoms with E-state index in [-0.39, 0.29) is 16.4 Å². The fraction of sp³-hybridized carbons (Fsp3) is 0.400. The average Bonchev–Trinajstić information content (AvgIpc) is 3.16. The SMILES string of the molecule is Cc1ccc(S(=O)(=O)O[C@H]2[C@@H]3OC[C@H](O3)[C@@H](OS(=O)(=O)c3ccc(C)cc3)[C@@H]2O)cc1. The molecule has 2 bridgehead atoms. The summed E-state index contributed by atoms with van der Waals surface area (Å²) in [6, 6.07) is 11.9. The molecule has 0 unspecified atom stereocenters. The topological polar surface area (TPSA) is 125 Å². The molecule has 2 aromatic carbocycles. The predicted octanol–water partition coefficient (Wildman–Crippen LogP) is 1.27. The Hall–Kier alpha value is -1.86. The minimum Gasteiger partial charge on any atom is -0.387 e. The Balaban J connectivity index is 1.57. The number of rotatable bonds is 6. The zero-order valence-corrected chi connectivity index (χ0v) is 18.4. The first-order valence-electron chi connectivity index (χ1n) is 9.52. The van der Waals surface area contributed by atoms with Crippen LogP contribution in [0.5, 0.6) is 0 Å². The Morgan fingerprint density at radius 3 is 1.74 bits per heavy atom. The number of fused-ring (bicyclic) bond motifs is 2. The van der Waals surface area contributed by atoms with Crippen LogP contribution < -0.4 is 0 Å². The van der Waals surface area contributed by atoms with Gasteiger partial charge in [0.15, 0.2) is 12.4 Å². The Morgan fingerprint density at radius 2 is 1.26 bits per heavy atom. The van der Waals surface area contributed by atoms with Gasteiger partial charge in [-0.25, -0.2) is 0 Å². The van der Waals surface area contributed by atoms with Gasteiger partial charge < -0.3 is 14.6 Å². The van der Waals surface area contributed by atoms with Crippen molar-refractivity contribution in [3.05, 3.63) is 59.7 Å². The molecule has 1 N–H and O–H groups in total. The molecule has 2 heterocycles. The van der Waals surface area contributed by atoms with Crippen LogP contribution in [-0.2, 0) is 38.1 Å². The third kappa shape index (κ3) is 4.53. The lowest BCUT2D eigenvalue weighted by atomic mass is 10.0. The molecule has 31 heavy (non-hydrogen) atoms. The van der Waals surface area contributed by atoms with E-state index in [1.54, 1.807) is 31.2 Å². The number of aliphatic hydroxyl groups excluding tert-OH is 1. The van der Waals surface area contributed by atoms with Gasteiger partial charge in [-0.1, -0.05) is 35.4 Å². The van der Waals surface area contributed by atoms with Crippen LogP contribution >= 0.6 is 0 Å². The second-order valence-corrected chi connectivity index (χ2v) is 10.7. The number of hydrogen-bond donors (Lipinski definition) is 1. The van der Waals surface area contributed by atoms with E-state index in [0.717, 1.165) is 11.1 Å². The zero-order valence-electron chi connectivity index (χ0n) is 16.7. The Kier molecular flexibility index (Phi) is 5.94. The number of aryl methyl sites for hydroxylation is 2. The summed E-state index contributed by atoms with van der Waals surface area (Å²) in [6.45, 7) is 3.53. The van der Waals surface area contributed by atoms with Crippen LogP contribution in [0.15, 0.2) is 58.3 Å². The van der Waals surface area contributed by atoms with Gasteiger partial charge in [0, 0.05) is 0 Å². The van der Waals surface area contributed by atoms with Crippen molar-refractivity contribution in [3.63, 3.8) is 0 Å². The van der Waals surface area contributed by atoms with Gasteiger partial charge in [0.1, 0.15) is 18.3 Å². The number of aliphatic hydroxyl groups is 1. The molecule has 11 heteroatoms. The van der Waals surface area contributed by atoms with E-state index < -0.39 is 50.9 Å². The summed E-state index contributed by atoms with van der Waals surface area (Å²) in [7, 11) is -8.54. The van der Waals surface area contributed by atoms with Gasteiger partial charge in [0.2, 0.25) is 0 Å². The minimum absolute atomic E-state index is 0.0831. The van der Waals surface area contributed by atoms with Crippen molar-refractivity contribution in [2.75, 3.05) is 6.61 Å². The first-order chi connectivity index (χ1) is 14.6. The molecule has 0 aromatic heterocycles.